The van der Waals surface area contributed by atoms with Crippen molar-refractivity contribution in [2.75, 3.05) is 25.0 Å². The Hall–Kier alpha value is -2.57. The number of rotatable bonds is 6. The molecule has 144 valence electrons. The van der Waals surface area contributed by atoms with E-state index in [1.165, 1.54) is 37.0 Å². The fourth-order valence-corrected chi connectivity index (χ4v) is 3.34. The standard InChI is InChI=1S/C21H27N3O3/c25-19-9-5-7-17(13-19)20(26)14-22-21(27)23-18-8-4-6-16(12-18)15-24-10-2-1-3-11-24/h4-9,12-13,20,25-26H,1-3,10-11,14-15H2,(H2,22,23,27)/t20-/m0/s1. The second-order valence-electron chi connectivity index (χ2n) is 6.98. The molecule has 1 aliphatic heterocycles. The largest absolute Gasteiger partial charge is 0.508 e. The fraction of sp³-hybridized carbons (Fsp3) is 0.381. The summed E-state index contributed by atoms with van der Waals surface area (Å²) >= 11 is 0. The second kappa shape index (κ2) is 9.39. The highest BCUT2D eigenvalue weighted by Crippen LogP contribution is 2.18. The van der Waals surface area contributed by atoms with Gasteiger partial charge < -0.3 is 20.8 Å². The number of aliphatic hydroxyl groups is 1. The Morgan fingerprint density at radius 3 is 2.63 bits per heavy atom. The second-order valence-corrected chi connectivity index (χ2v) is 6.98. The summed E-state index contributed by atoms with van der Waals surface area (Å²) < 4.78 is 0. The highest BCUT2D eigenvalue weighted by atomic mass is 16.3. The number of phenolic OH excluding ortho intramolecular Hbond substituents is 1. The molecule has 0 spiro atoms. The number of urea groups is 1. The number of nitrogens with one attached hydrogen (secondary N) is 2. The molecule has 0 aromatic heterocycles. The first-order valence-electron chi connectivity index (χ1n) is 9.43. The molecule has 0 saturated carbocycles. The van der Waals surface area contributed by atoms with E-state index < -0.39 is 6.10 Å². The van der Waals surface area contributed by atoms with Crippen molar-refractivity contribution in [3.05, 3.63) is 59.7 Å². The number of aromatic hydroxyl groups is 1. The van der Waals surface area contributed by atoms with Gasteiger partial charge in [0.2, 0.25) is 0 Å². The molecular weight excluding hydrogens is 342 g/mol. The van der Waals surface area contributed by atoms with Crippen LogP contribution in [-0.2, 0) is 6.54 Å². The molecule has 6 nitrogen and oxygen atoms in total. The predicted molar refractivity (Wildman–Crippen MR) is 106 cm³/mol. The van der Waals surface area contributed by atoms with Gasteiger partial charge in [-0.15, -0.1) is 0 Å². The van der Waals surface area contributed by atoms with E-state index >= 15 is 0 Å². The van der Waals surface area contributed by atoms with Gasteiger partial charge in [-0.1, -0.05) is 30.7 Å². The van der Waals surface area contributed by atoms with Crippen molar-refractivity contribution in [2.45, 2.75) is 31.9 Å². The molecule has 4 N–H and O–H groups in total. The first-order chi connectivity index (χ1) is 13.1. The molecule has 1 saturated heterocycles. The molecule has 1 fully saturated rings. The van der Waals surface area contributed by atoms with Crippen LogP contribution in [0.1, 0.15) is 36.5 Å². The molecule has 2 amide bonds. The number of hydrogen-bond donors (Lipinski definition) is 4. The Morgan fingerprint density at radius 2 is 1.85 bits per heavy atom. The number of nitrogens with zero attached hydrogens (tertiary/aromatic N) is 1. The number of aliphatic hydroxyl groups excluding tert-OH is 1. The molecule has 3 rings (SSSR count). The van der Waals surface area contributed by atoms with Crippen LogP contribution >= 0.6 is 0 Å². The van der Waals surface area contributed by atoms with Gasteiger partial charge in [0.05, 0.1) is 6.10 Å². The predicted octanol–water partition coefficient (Wildman–Crippen LogP) is 3.23. The molecule has 1 atom stereocenters. The Labute approximate surface area is 159 Å². The summed E-state index contributed by atoms with van der Waals surface area (Å²) in [5.74, 6) is 0.0847. The first-order valence-corrected chi connectivity index (χ1v) is 9.43. The minimum atomic E-state index is -0.881. The normalized spacial score (nSPS) is 15.9. The van der Waals surface area contributed by atoms with E-state index in [9.17, 15) is 15.0 Å². The van der Waals surface area contributed by atoms with Crippen LogP contribution in [0.5, 0.6) is 5.75 Å². The van der Waals surface area contributed by atoms with E-state index in [0.717, 1.165) is 25.3 Å². The van der Waals surface area contributed by atoms with E-state index in [1.807, 2.05) is 18.2 Å². The van der Waals surface area contributed by atoms with E-state index in [0.29, 0.717) is 5.56 Å². The van der Waals surface area contributed by atoms with Gasteiger partial charge in [0.25, 0.3) is 0 Å². The van der Waals surface area contributed by atoms with Crippen LogP contribution in [0.2, 0.25) is 0 Å². The van der Waals surface area contributed by atoms with Gasteiger partial charge in [-0.3, -0.25) is 4.90 Å². The molecule has 1 heterocycles. The van der Waals surface area contributed by atoms with E-state index in [1.54, 1.807) is 12.1 Å². The average Bonchev–Trinajstić information content (AvgIpc) is 2.67. The van der Waals surface area contributed by atoms with Crippen molar-refractivity contribution >= 4 is 11.7 Å². The van der Waals surface area contributed by atoms with Gasteiger partial charge in [-0.25, -0.2) is 4.79 Å². The van der Waals surface area contributed by atoms with Crippen molar-refractivity contribution in [1.82, 2.24) is 10.2 Å². The molecule has 0 unspecified atom stereocenters. The summed E-state index contributed by atoms with van der Waals surface area (Å²) in [6.07, 6.45) is 2.93. The number of likely N-dealkylation sites (tertiary alicyclic amines) is 1. The maximum Gasteiger partial charge on any atom is 0.319 e. The third kappa shape index (κ3) is 5.98. The summed E-state index contributed by atoms with van der Waals surface area (Å²) in [7, 11) is 0. The number of carbonyl (C=O) groups excluding carboxylic acids is 1. The Morgan fingerprint density at radius 1 is 1.07 bits per heavy atom. The third-order valence-corrected chi connectivity index (χ3v) is 4.75. The number of piperidine rings is 1. The zero-order valence-electron chi connectivity index (χ0n) is 15.4. The van der Waals surface area contributed by atoms with Gasteiger partial charge in [0, 0.05) is 18.8 Å². The van der Waals surface area contributed by atoms with Gasteiger partial charge in [-0.05, 0) is 61.3 Å². The van der Waals surface area contributed by atoms with Gasteiger partial charge in [0.1, 0.15) is 5.75 Å². The molecule has 2 aromatic carbocycles. The first kappa shape index (κ1) is 19.2. The Kier molecular flexibility index (Phi) is 6.68. The maximum atomic E-state index is 12.1. The van der Waals surface area contributed by atoms with Crippen LogP contribution in [0.4, 0.5) is 10.5 Å². The summed E-state index contributed by atoms with van der Waals surface area (Å²) in [6.45, 7) is 3.21. The smallest absolute Gasteiger partial charge is 0.319 e. The Balaban J connectivity index is 1.49. The topological polar surface area (TPSA) is 84.8 Å². The maximum absolute atomic E-state index is 12.1. The third-order valence-electron chi connectivity index (χ3n) is 4.75. The molecule has 6 heteroatoms. The van der Waals surface area contributed by atoms with Gasteiger partial charge in [-0.2, -0.15) is 0 Å². The monoisotopic (exact) mass is 369 g/mol. The molecule has 27 heavy (non-hydrogen) atoms. The highest BCUT2D eigenvalue weighted by molar-refractivity contribution is 5.89. The highest BCUT2D eigenvalue weighted by Gasteiger charge is 2.12. The van der Waals surface area contributed by atoms with E-state index in [2.05, 4.69) is 21.6 Å². The number of anilines is 1. The molecule has 1 aliphatic rings. The van der Waals surface area contributed by atoms with Crippen molar-refractivity contribution < 1.29 is 15.0 Å². The molecule has 0 aliphatic carbocycles. The summed E-state index contributed by atoms with van der Waals surface area (Å²) in [6, 6.07) is 13.9. The van der Waals surface area contributed by atoms with Gasteiger partial charge >= 0.3 is 6.03 Å². The van der Waals surface area contributed by atoms with Crippen molar-refractivity contribution in [2.24, 2.45) is 0 Å². The van der Waals surface area contributed by atoms with Crippen molar-refractivity contribution in [3.8, 4) is 5.75 Å². The van der Waals surface area contributed by atoms with E-state index in [4.69, 9.17) is 0 Å². The number of amides is 2. The molecular formula is C21H27N3O3. The Bertz CT molecular complexity index is 760. The molecule has 0 bridgehead atoms. The quantitative estimate of drug-likeness (QED) is 0.630. The summed E-state index contributed by atoms with van der Waals surface area (Å²) in [4.78, 5) is 14.6. The average molecular weight is 369 g/mol. The summed E-state index contributed by atoms with van der Waals surface area (Å²) in [5.41, 5.74) is 2.46. The zero-order valence-corrected chi connectivity index (χ0v) is 15.4. The lowest BCUT2D eigenvalue weighted by atomic mass is 10.1. The van der Waals surface area contributed by atoms with Crippen LogP contribution in [-0.4, -0.2) is 40.8 Å². The number of phenols is 1. The minimum absolute atomic E-state index is 0.0583. The van der Waals surface area contributed by atoms with Crippen LogP contribution in [0, 0.1) is 0 Å². The SMILES string of the molecule is O=C(NC[C@H](O)c1cccc(O)c1)Nc1cccc(CN2CCCCC2)c1. The van der Waals surface area contributed by atoms with Crippen molar-refractivity contribution in [3.63, 3.8) is 0 Å². The number of benzene rings is 2. The van der Waals surface area contributed by atoms with Crippen molar-refractivity contribution in [1.29, 1.82) is 0 Å². The number of hydrogen-bond acceptors (Lipinski definition) is 4. The lowest BCUT2D eigenvalue weighted by molar-refractivity contribution is 0.175. The minimum Gasteiger partial charge on any atom is -0.508 e. The zero-order chi connectivity index (χ0) is 19.1. The lowest BCUT2D eigenvalue weighted by Crippen LogP contribution is -2.32. The number of carbonyl (C=O) groups is 1. The lowest BCUT2D eigenvalue weighted by Gasteiger charge is -2.26. The van der Waals surface area contributed by atoms with Crippen LogP contribution in [0.3, 0.4) is 0 Å². The molecule has 2 aromatic rings. The summed E-state index contributed by atoms with van der Waals surface area (Å²) in [5, 5.41) is 25.1. The van der Waals surface area contributed by atoms with Crippen LogP contribution in [0.25, 0.3) is 0 Å². The molecule has 0 radical (unpaired) electrons. The van der Waals surface area contributed by atoms with E-state index in [-0.39, 0.29) is 18.3 Å². The van der Waals surface area contributed by atoms with Crippen LogP contribution < -0.4 is 10.6 Å². The van der Waals surface area contributed by atoms with Crippen LogP contribution in [0.15, 0.2) is 48.5 Å². The fourth-order valence-electron chi connectivity index (χ4n) is 3.34. The van der Waals surface area contributed by atoms with Gasteiger partial charge in [0.15, 0.2) is 0 Å².